The number of hydrogen-bond donors (Lipinski definition) is 1. The molecule has 2 aromatic carbocycles. The average molecular weight is 422 g/mol. The number of benzene rings is 2. The number of ether oxygens (including phenoxy) is 3. The van der Waals surface area contributed by atoms with Crippen LogP contribution in [-0.4, -0.2) is 37.1 Å². The van der Waals surface area contributed by atoms with Crippen LogP contribution in [-0.2, 0) is 14.3 Å². The van der Waals surface area contributed by atoms with E-state index in [1.165, 1.54) is 55.7 Å². The molecule has 0 spiro atoms. The molecule has 1 amide bonds. The summed E-state index contributed by atoms with van der Waals surface area (Å²) < 4.78 is 38.7. The molecule has 11 heteroatoms. The quantitative estimate of drug-likeness (QED) is 0.285. The Labute approximate surface area is 169 Å². The van der Waals surface area contributed by atoms with Crippen LogP contribution < -0.4 is 14.8 Å². The van der Waals surface area contributed by atoms with Crippen molar-refractivity contribution in [3.8, 4) is 11.5 Å². The summed E-state index contributed by atoms with van der Waals surface area (Å²) in [5, 5.41) is 13.0. The smallest absolute Gasteiger partial charge is 0.387 e. The van der Waals surface area contributed by atoms with Gasteiger partial charge in [0.05, 0.1) is 12.0 Å². The Bertz CT molecular complexity index is 946. The van der Waals surface area contributed by atoms with Crippen LogP contribution in [0.4, 0.5) is 20.2 Å². The van der Waals surface area contributed by atoms with Crippen molar-refractivity contribution in [2.75, 3.05) is 19.0 Å². The maximum absolute atomic E-state index is 12.3. The first-order chi connectivity index (χ1) is 14.3. The SMILES string of the molecule is COc1cc(C=CC(=O)OCC(=O)Nc2ccc([N+](=O)[O-])cc2)ccc1OC(F)F. The average Bonchev–Trinajstić information content (AvgIpc) is 2.71. The molecule has 30 heavy (non-hydrogen) atoms. The second kappa shape index (κ2) is 10.5. The number of nitro groups is 1. The molecule has 0 aliphatic heterocycles. The fourth-order valence-corrected chi connectivity index (χ4v) is 2.19. The van der Waals surface area contributed by atoms with E-state index in [4.69, 9.17) is 9.47 Å². The van der Waals surface area contributed by atoms with Crippen LogP contribution in [0.15, 0.2) is 48.5 Å². The third-order valence-electron chi connectivity index (χ3n) is 3.52. The van der Waals surface area contributed by atoms with E-state index < -0.39 is 30.0 Å². The molecule has 0 aromatic heterocycles. The van der Waals surface area contributed by atoms with Crippen LogP contribution in [0.25, 0.3) is 6.08 Å². The van der Waals surface area contributed by atoms with Gasteiger partial charge in [-0.25, -0.2) is 4.79 Å². The van der Waals surface area contributed by atoms with Crippen molar-refractivity contribution in [1.82, 2.24) is 0 Å². The fourth-order valence-electron chi connectivity index (χ4n) is 2.19. The van der Waals surface area contributed by atoms with Gasteiger partial charge in [0.1, 0.15) is 0 Å². The maximum Gasteiger partial charge on any atom is 0.387 e. The van der Waals surface area contributed by atoms with Crippen molar-refractivity contribution in [3.63, 3.8) is 0 Å². The number of anilines is 1. The van der Waals surface area contributed by atoms with Gasteiger partial charge in [-0.05, 0) is 35.9 Å². The van der Waals surface area contributed by atoms with Crippen LogP contribution >= 0.6 is 0 Å². The van der Waals surface area contributed by atoms with Gasteiger partial charge in [0.25, 0.3) is 11.6 Å². The van der Waals surface area contributed by atoms with Gasteiger partial charge >= 0.3 is 12.6 Å². The Morgan fingerprint density at radius 3 is 2.47 bits per heavy atom. The third-order valence-corrected chi connectivity index (χ3v) is 3.52. The minimum Gasteiger partial charge on any atom is -0.493 e. The van der Waals surface area contributed by atoms with Gasteiger partial charge < -0.3 is 19.5 Å². The first kappa shape index (κ1) is 22.3. The second-order valence-electron chi connectivity index (χ2n) is 5.58. The van der Waals surface area contributed by atoms with Gasteiger partial charge in [0.15, 0.2) is 18.1 Å². The van der Waals surface area contributed by atoms with Gasteiger partial charge in [0, 0.05) is 23.9 Å². The number of alkyl halides is 2. The molecule has 0 unspecified atom stereocenters. The zero-order valence-corrected chi connectivity index (χ0v) is 15.5. The van der Waals surface area contributed by atoms with Crippen molar-refractivity contribution in [2.45, 2.75) is 6.61 Å². The number of halogens is 2. The van der Waals surface area contributed by atoms with Gasteiger partial charge in [-0.3, -0.25) is 14.9 Å². The minimum absolute atomic E-state index is 0.0493. The standard InChI is InChI=1S/C19H16F2N2O7/c1-28-16-10-12(2-8-15(16)30-19(20)21)3-9-18(25)29-11-17(24)22-13-4-6-14(7-5-13)23(26)27/h2-10,19H,11H2,1H3,(H,22,24). The lowest BCUT2D eigenvalue weighted by Crippen LogP contribution is -2.20. The molecular weight excluding hydrogens is 406 g/mol. The molecule has 158 valence electrons. The molecule has 0 heterocycles. The zero-order valence-electron chi connectivity index (χ0n) is 15.5. The van der Waals surface area contributed by atoms with E-state index in [1.54, 1.807) is 0 Å². The summed E-state index contributed by atoms with van der Waals surface area (Å²) in [5.41, 5.74) is 0.617. The molecule has 0 atom stereocenters. The molecular formula is C19H16F2N2O7. The lowest BCUT2D eigenvalue weighted by molar-refractivity contribution is -0.384. The molecule has 0 saturated carbocycles. The first-order valence-electron chi connectivity index (χ1n) is 8.30. The summed E-state index contributed by atoms with van der Waals surface area (Å²) in [7, 11) is 1.28. The number of esters is 1. The molecule has 2 aromatic rings. The number of nitrogens with one attached hydrogen (secondary N) is 1. The normalized spacial score (nSPS) is 10.7. The Kier molecular flexibility index (Phi) is 7.80. The summed E-state index contributed by atoms with van der Waals surface area (Å²) in [6, 6.07) is 9.17. The Morgan fingerprint density at radius 2 is 1.87 bits per heavy atom. The second-order valence-corrected chi connectivity index (χ2v) is 5.58. The van der Waals surface area contributed by atoms with Crippen molar-refractivity contribution < 1.29 is 37.5 Å². The number of rotatable bonds is 9. The number of non-ortho nitro benzene ring substituents is 1. The van der Waals surface area contributed by atoms with Gasteiger partial charge in [-0.1, -0.05) is 6.07 Å². The van der Waals surface area contributed by atoms with Crippen LogP contribution in [0, 0.1) is 10.1 Å². The van der Waals surface area contributed by atoms with Gasteiger partial charge in [0.2, 0.25) is 0 Å². The molecule has 2 rings (SSSR count). The number of nitrogens with zero attached hydrogens (tertiary/aromatic N) is 1. The summed E-state index contributed by atoms with van der Waals surface area (Å²) in [4.78, 5) is 33.5. The number of hydrogen-bond acceptors (Lipinski definition) is 7. The number of carbonyl (C=O) groups excluding carboxylic acids is 2. The molecule has 0 aliphatic carbocycles. The zero-order chi connectivity index (χ0) is 22.1. The Morgan fingerprint density at radius 1 is 1.17 bits per heavy atom. The summed E-state index contributed by atoms with van der Waals surface area (Å²) in [5.74, 6) is -1.56. The van der Waals surface area contributed by atoms with Crippen molar-refractivity contribution in [2.24, 2.45) is 0 Å². The predicted octanol–water partition coefficient (Wildman–Crippen LogP) is 3.40. The van der Waals surface area contributed by atoms with Gasteiger partial charge in [-0.15, -0.1) is 0 Å². The highest BCUT2D eigenvalue weighted by molar-refractivity contribution is 5.94. The summed E-state index contributed by atoms with van der Waals surface area (Å²) in [6.07, 6.45) is 2.38. The van der Waals surface area contributed by atoms with Crippen molar-refractivity contribution in [1.29, 1.82) is 0 Å². The van der Waals surface area contributed by atoms with Crippen molar-refractivity contribution in [3.05, 3.63) is 64.2 Å². The van der Waals surface area contributed by atoms with Gasteiger partial charge in [-0.2, -0.15) is 8.78 Å². The highest BCUT2D eigenvalue weighted by Crippen LogP contribution is 2.29. The molecule has 0 aliphatic rings. The minimum atomic E-state index is -3.01. The van der Waals surface area contributed by atoms with E-state index in [0.717, 1.165) is 6.08 Å². The maximum atomic E-state index is 12.3. The van der Waals surface area contributed by atoms with E-state index in [1.807, 2.05) is 0 Å². The van der Waals surface area contributed by atoms with Crippen LogP contribution in [0.1, 0.15) is 5.56 Å². The van der Waals surface area contributed by atoms with E-state index in [9.17, 15) is 28.5 Å². The van der Waals surface area contributed by atoms with Crippen LogP contribution in [0.2, 0.25) is 0 Å². The number of nitro benzene ring substituents is 1. The molecule has 0 radical (unpaired) electrons. The summed E-state index contributed by atoms with van der Waals surface area (Å²) in [6.45, 7) is -3.59. The molecule has 0 saturated heterocycles. The van der Waals surface area contributed by atoms with Crippen molar-refractivity contribution >= 4 is 29.3 Å². The van der Waals surface area contributed by atoms with E-state index >= 15 is 0 Å². The number of amides is 1. The molecule has 1 N–H and O–H groups in total. The summed E-state index contributed by atoms with van der Waals surface area (Å²) >= 11 is 0. The predicted molar refractivity (Wildman–Crippen MR) is 101 cm³/mol. The lowest BCUT2D eigenvalue weighted by atomic mass is 10.2. The first-order valence-corrected chi connectivity index (χ1v) is 8.30. The van der Waals surface area contributed by atoms with E-state index in [0.29, 0.717) is 11.3 Å². The lowest BCUT2D eigenvalue weighted by Gasteiger charge is -2.10. The topological polar surface area (TPSA) is 117 Å². The van der Waals surface area contributed by atoms with Crippen LogP contribution in [0.3, 0.4) is 0 Å². The third kappa shape index (κ3) is 6.86. The highest BCUT2D eigenvalue weighted by Gasteiger charge is 2.11. The Hall–Kier alpha value is -4.02. The largest absolute Gasteiger partial charge is 0.493 e. The van der Waals surface area contributed by atoms with E-state index in [2.05, 4.69) is 10.1 Å². The molecule has 0 bridgehead atoms. The Balaban J connectivity index is 1.87. The number of carbonyl (C=O) groups is 2. The monoisotopic (exact) mass is 422 g/mol. The number of methoxy groups -OCH3 is 1. The van der Waals surface area contributed by atoms with Crippen LogP contribution in [0.5, 0.6) is 11.5 Å². The molecule has 0 fully saturated rings. The molecule has 9 nitrogen and oxygen atoms in total. The fraction of sp³-hybridized carbons (Fsp3) is 0.158. The highest BCUT2D eigenvalue weighted by atomic mass is 19.3. The van der Waals surface area contributed by atoms with E-state index in [-0.39, 0.29) is 17.2 Å².